The SMILES string of the molecule is O=C1C(c2ccc(F)cc2)=C(N2CCCC(CO)C2)C(=O)N1Cc1ccccc1Cl. The van der Waals surface area contributed by atoms with Crippen LogP contribution in [0.4, 0.5) is 4.39 Å². The Morgan fingerprint density at radius 2 is 1.80 bits per heavy atom. The zero-order valence-corrected chi connectivity index (χ0v) is 17.1. The van der Waals surface area contributed by atoms with E-state index in [-0.39, 0.29) is 24.6 Å². The predicted octanol–water partition coefficient (Wildman–Crippen LogP) is 3.46. The predicted molar refractivity (Wildman–Crippen MR) is 112 cm³/mol. The van der Waals surface area contributed by atoms with Crippen LogP contribution in [0.25, 0.3) is 5.57 Å². The highest BCUT2D eigenvalue weighted by atomic mass is 35.5. The normalized spacial score (nSPS) is 19.8. The molecule has 30 heavy (non-hydrogen) atoms. The molecule has 2 aromatic rings. The lowest BCUT2D eigenvalue weighted by Crippen LogP contribution is -2.40. The maximum atomic E-state index is 13.5. The molecule has 1 N–H and O–H groups in total. The molecule has 2 aliphatic rings. The van der Waals surface area contributed by atoms with Gasteiger partial charge in [-0.3, -0.25) is 14.5 Å². The summed E-state index contributed by atoms with van der Waals surface area (Å²) in [6, 6.07) is 12.7. The molecule has 0 bridgehead atoms. The molecule has 1 atom stereocenters. The number of piperidine rings is 1. The number of carbonyl (C=O) groups is 2. The fraction of sp³-hybridized carbons (Fsp3) is 0.304. The quantitative estimate of drug-likeness (QED) is 0.741. The van der Waals surface area contributed by atoms with Gasteiger partial charge >= 0.3 is 0 Å². The number of benzene rings is 2. The number of likely N-dealkylation sites (tertiary alicyclic amines) is 1. The Bertz CT molecular complexity index is 1010. The van der Waals surface area contributed by atoms with Crippen molar-refractivity contribution in [2.45, 2.75) is 19.4 Å². The Hall–Kier alpha value is -2.70. The van der Waals surface area contributed by atoms with Gasteiger partial charge in [0.15, 0.2) is 0 Å². The number of rotatable bonds is 5. The minimum absolute atomic E-state index is 0.0289. The van der Waals surface area contributed by atoms with Crippen LogP contribution >= 0.6 is 11.6 Å². The molecule has 1 fully saturated rings. The topological polar surface area (TPSA) is 60.9 Å². The van der Waals surface area contributed by atoms with Gasteiger partial charge in [0.2, 0.25) is 0 Å². The van der Waals surface area contributed by atoms with Crippen LogP contribution in [0.3, 0.4) is 0 Å². The molecule has 4 rings (SSSR count). The first-order chi connectivity index (χ1) is 14.5. The zero-order chi connectivity index (χ0) is 21.3. The standard InChI is InChI=1S/C23H22ClFN2O3/c24-19-6-2-1-5-17(19)13-27-22(29)20(16-7-9-18(25)10-8-16)21(23(27)30)26-11-3-4-15(12-26)14-28/h1-2,5-10,15,28H,3-4,11-14H2. The maximum Gasteiger partial charge on any atom is 0.278 e. The van der Waals surface area contributed by atoms with E-state index in [0.29, 0.717) is 34.9 Å². The van der Waals surface area contributed by atoms with Gasteiger partial charge in [-0.25, -0.2) is 4.39 Å². The third kappa shape index (κ3) is 3.85. The lowest BCUT2D eigenvalue weighted by molar-refractivity contribution is -0.138. The van der Waals surface area contributed by atoms with Crippen LogP contribution in [0.1, 0.15) is 24.0 Å². The van der Waals surface area contributed by atoms with Crippen molar-refractivity contribution in [3.8, 4) is 0 Å². The zero-order valence-electron chi connectivity index (χ0n) is 16.4. The first kappa shape index (κ1) is 20.6. The largest absolute Gasteiger partial charge is 0.396 e. The number of aliphatic hydroxyl groups is 1. The first-order valence-electron chi connectivity index (χ1n) is 9.95. The molecular weight excluding hydrogens is 407 g/mol. The Balaban J connectivity index is 1.74. The van der Waals surface area contributed by atoms with Gasteiger partial charge in [-0.05, 0) is 48.1 Å². The summed E-state index contributed by atoms with van der Waals surface area (Å²) < 4.78 is 13.5. The first-order valence-corrected chi connectivity index (χ1v) is 10.3. The number of hydrogen-bond acceptors (Lipinski definition) is 4. The number of amides is 2. The molecule has 0 radical (unpaired) electrons. The third-order valence-corrected chi connectivity index (χ3v) is 6.02. The van der Waals surface area contributed by atoms with E-state index in [1.807, 2.05) is 4.90 Å². The molecule has 0 saturated carbocycles. The van der Waals surface area contributed by atoms with Crippen molar-refractivity contribution in [1.29, 1.82) is 0 Å². The van der Waals surface area contributed by atoms with Gasteiger partial charge in [0.1, 0.15) is 11.5 Å². The molecule has 2 aromatic carbocycles. The fourth-order valence-corrected chi connectivity index (χ4v) is 4.29. The van der Waals surface area contributed by atoms with E-state index in [2.05, 4.69) is 0 Å². The van der Waals surface area contributed by atoms with Gasteiger partial charge in [-0.2, -0.15) is 0 Å². The highest BCUT2D eigenvalue weighted by Gasteiger charge is 2.42. The van der Waals surface area contributed by atoms with E-state index in [9.17, 15) is 19.1 Å². The Morgan fingerprint density at radius 1 is 1.07 bits per heavy atom. The van der Waals surface area contributed by atoms with Gasteiger partial charge in [0.05, 0.1) is 12.1 Å². The number of halogens is 2. The summed E-state index contributed by atoms with van der Waals surface area (Å²) in [5.74, 6) is -1.18. The van der Waals surface area contributed by atoms with Crippen LogP contribution in [0.5, 0.6) is 0 Å². The van der Waals surface area contributed by atoms with Crippen LogP contribution in [-0.2, 0) is 16.1 Å². The molecule has 5 nitrogen and oxygen atoms in total. The molecule has 1 saturated heterocycles. The van der Waals surface area contributed by atoms with Gasteiger partial charge < -0.3 is 10.0 Å². The van der Waals surface area contributed by atoms with Crippen molar-refractivity contribution >= 4 is 29.0 Å². The molecule has 156 valence electrons. The van der Waals surface area contributed by atoms with Crippen molar-refractivity contribution in [1.82, 2.24) is 9.80 Å². The lowest BCUT2D eigenvalue weighted by atomic mass is 9.97. The highest BCUT2D eigenvalue weighted by Crippen LogP contribution is 2.35. The number of hydrogen-bond donors (Lipinski definition) is 1. The van der Waals surface area contributed by atoms with Crippen LogP contribution in [-0.4, -0.2) is 46.4 Å². The second-order valence-electron chi connectivity index (χ2n) is 7.66. The van der Waals surface area contributed by atoms with Crippen molar-refractivity contribution < 1.29 is 19.1 Å². The molecule has 7 heteroatoms. The second-order valence-corrected chi connectivity index (χ2v) is 8.06. The van der Waals surface area contributed by atoms with E-state index >= 15 is 0 Å². The van der Waals surface area contributed by atoms with Gasteiger partial charge in [-0.15, -0.1) is 0 Å². The minimum Gasteiger partial charge on any atom is -0.396 e. The van der Waals surface area contributed by atoms with Crippen molar-refractivity contribution in [2.75, 3.05) is 19.7 Å². The summed E-state index contributed by atoms with van der Waals surface area (Å²) >= 11 is 6.25. The molecule has 0 spiro atoms. The summed E-state index contributed by atoms with van der Waals surface area (Å²) in [7, 11) is 0. The van der Waals surface area contributed by atoms with Crippen molar-refractivity contribution in [2.24, 2.45) is 5.92 Å². The lowest BCUT2D eigenvalue weighted by Gasteiger charge is -2.34. The van der Waals surface area contributed by atoms with E-state index < -0.39 is 17.6 Å². The van der Waals surface area contributed by atoms with E-state index in [1.165, 1.54) is 29.2 Å². The molecule has 1 unspecified atom stereocenters. The molecule has 0 aromatic heterocycles. The van der Waals surface area contributed by atoms with Gasteiger partial charge in [0, 0.05) is 24.7 Å². The monoisotopic (exact) mass is 428 g/mol. The summed E-state index contributed by atoms with van der Waals surface area (Å²) in [6.07, 6.45) is 1.69. The van der Waals surface area contributed by atoms with Crippen LogP contribution in [0.2, 0.25) is 5.02 Å². The van der Waals surface area contributed by atoms with E-state index in [1.54, 1.807) is 24.3 Å². The number of nitrogens with zero attached hydrogens (tertiary/aromatic N) is 2. The fourth-order valence-electron chi connectivity index (χ4n) is 4.09. The Labute approximate surface area is 179 Å². The summed E-state index contributed by atoms with van der Waals surface area (Å²) in [4.78, 5) is 29.8. The van der Waals surface area contributed by atoms with Gasteiger partial charge in [0.25, 0.3) is 11.8 Å². The summed E-state index contributed by atoms with van der Waals surface area (Å²) in [5.41, 5.74) is 1.76. The van der Waals surface area contributed by atoms with Crippen LogP contribution in [0, 0.1) is 11.7 Å². The Kier molecular flexibility index (Phi) is 5.88. The second kappa shape index (κ2) is 8.58. The average Bonchev–Trinajstić information content (AvgIpc) is 3.00. The average molecular weight is 429 g/mol. The molecule has 2 aliphatic heterocycles. The van der Waals surface area contributed by atoms with Gasteiger partial charge in [-0.1, -0.05) is 41.9 Å². The van der Waals surface area contributed by atoms with Crippen molar-refractivity contribution in [3.63, 3.8) is 0 Å². The summed E-state index contributed by atoms with van der Waals surface area (Å²) in [5, 5.41) is 10.1. The third-order valence-electron chi connectivity index (χ3n) is 5.66. The molecule has 2 amide bonds. The Morgan fingerprint density at radius 3 is 2.50 bits per heavy atom. The smallest absolute Gasteiger partial charge is 0.278 e. The molecular formula is C23H22ClFN2O3. The van der Waals surface area contributed by atoms with E-state index in [0.717, 1.165) is 12.8 Å². The number of carbonyl (C=O) groups excluding carboxylic acids is 2. The number of aliphatic hydroxyl groups excluding tert-OH is 1. The summed E-state index contributed by atoms with van der Waals surface area (Å²) in [6.45, 7) is 1.20. The molecule has 0 aliphatic carbocycles. The molecule has 2 heterocycles. The number of imide groups is 1. The van der Waals surface area contributed by atoms with Crippen LogP contribution in [0.15, 0.2) is 54.2 Å². The minimum atomic E-state index is -0.423. The maximum absolute atomic E-state index is 13.5. The van der Waals surface area contributed by atoms with Crippen molar-refractivity contribution in [3.05, 3.63) is 76.2 Å². The van der Waals surface area contributed by atoms with Crippen LogP contribution < -0.4 is 0 Å². The highest BCUT2D eigenvalue weighted by molar-refractivity contribution is 6.35. The van der Waals surface area contributed by atoms with E-state index in [4.69, 9.17) is 11.6 Å².